The molecule has 0 atom stereocenters. The van der Waals surface area contributed by atoms with E-state index in [4.69, 9.17) is 9.73 Å². The SMILES string of the molecule is COc1ccc(NC(=O)CSC(=Nc2ccccc2)N2CCCCC2)c(C)c1. The summed E-state index contributed by atoms with van der Waals surface area (Å²) < 4.78 is 5.22. The predicted octanol–water partition coefficient (Wildman–Crippen LogP) is 4.85. The Balaban J connectivity index is 1.65. The number of piperidine rings is 1. The van der Waals surface area contributed by atoms with Crippen molar-refractivity contribution in [2.24, 2.45) is 4.99 Å². The Bertz CT molecular complexity index is 818. The first-order valence-corrected chi connectivity index (χ1v) is 10.6. The number of carbonyl (C=O) groups is 1. The van der Waals surface area contributed by atoms with E-state index in [1.54, 1.807) is 7.11 Å². The molecule has 0 bridgehead atoms. The largest absolute Gasteiger partial charge is 0.497 e. The molecule has 148 valence electrons. The van der Waals surface area contributed by atoms with Crippen LogP contribution in [0.1, 0.15) is 24.8 Å². The zero-order chi connectivity index (χ0) is 19.8. The number of carbonyl (C=O) groups excluding carboxylic acids is 1. The van der Waals surface area contributed by atoms with E-state index >= 15 is 0 Å². The van der Waals surface area contributed by atoms with Gasteiger partial charge in [-0.15, -0.1) is 0 Å². The molecule has 0 aromatic heterocycles. The second-order valence-electron chi connectivity index (χ2n) is 6.80. The van der Waals surface area contributed by atoms with Gasteiger partial charge in [-0.2, -0.15) is 0 Å². The summed E-state index contributed by atoms with van der Waals surface area (Å²) in [6.45, 7) is 3.96. The van der Waals surface area contributed by atoms with Crippen molar-refractivity contribution in [3.63, 3.8) is 0 Å². The van der Waals surface area contributed by atoms with Crippen LogP contribution in [0, 0.1) is 6.92 Å². The fourth-order valence-corrected chi connectivity index (χ4v) is 3.98. The van der Waals surface area contributed by atoms with Gasteiger partial charge in [0, 0.05) is 18.8 Å². The maximum absolute atomic E-state index is 12.5. The second kappa shape index (κ2) is 10.2. The van der Waals surface area contributed by atoms with Crippen LogP contribution in [0.2, 0.25) is 0 Å². The lowest BCUT2D eigenvalue weighted by atomic mass is 10.1. The van der Waals surface area contributed by atoms with Crippen LogP contribution < -0.4 is 10.1 Å². The van der Waals surface area contributed by atoms with Gasteiger partial charge in [0.25, 0.3) is 0 Å². The average molecular weight is 398 g/mol. The number of amidine groups is 1. The van der Waals surface area contributed by atoms with Gasteiger partial charge >= 0.3 is 0 Å². The van der Waals surface area contributed by atoms with E-state index in [9.17, 15) is 4.79 Å². The number of nitrogens with zero attached hydrogens (tertiary/aromatic N) is 2. The van der Waals surface area contributed by atoms with Gasteiger partial charge < -0.3 is 15.0 Å². The number of anilines is 1. The lowest BCUT2D eigenvalue weighted by Crippen LogP contribution is -2.34. The van der Waals surface area contributed by atoms with Crippen molar-refractivity contribution in [2.75, 3.05) is 31.3 Å². The molecule has 0 radical (unpaired) electrons. The number of hydrogen-bond donors (Lipinski definition) is 1. The van der Waals surface area contributed by atoms with Gasteiger partial charge in [-0.3, -0.25) is 4.79 Å². The summed E-state index contributed by atoms with van der Waals surface area (Å²) in [6.07, 6.45) is 3.61. The Kier molecular flexibility index (Phi) is 7.37. The van der Waals surface area contributed by atoms with Crippen LogP contribution in [0.5, 0.6) is 5.75 Å². The van der Waals surface area contributed by atoms with Crippen molar-refractivity contribution >= 4 is 34.2 Å². The average Bonchev–Trinajstić information content (AvgIpc) is 2.74. The lowest BCUT2D eigenvalue weighted by Gasteiger charge is -2.29. The van der Waals surface area contributed by atoms with Crippen LogP contribution in [0.15, 0.2) is 53.5 Å². The summed E-state index contributed by atoms with van der Waals surface area (Å²) in [6, 6.07) is 15.6. The number of para-hydroxylation sites is 1. The third-order valence-corrected chi connectivity index (χ3v) is 5.66. The molecule has 6 heteroatoms. The van der Waals surface area contributed by atoms with Gasteiger partial charge in [0.2, 0.25) is 5.91 Å². The monoisotopic (exact) mass is 397 g/mol. The lowest BCUT2D eigenvalue weighted by molar-refractivity contribution is -0.113. The minimum Gasteiger partial charge on any atom is -0.497 e. The minimum absolute atomic E-state index is 0.0314. The van der Waals surface area contributed by atoms with Crippen LogP contribution in [-0.2, 0) is 4.79 Å². The number of nitrogens with one attached hydrogen (secondary N) is 1. The van der Waals surface area contributed by atoms with Crippen molar-refractivity contribution in [2.45, 2.75) is 26.2 Å². The zero-order valence-corrected chi connectivity index (χ0v) is 17.3. The quantitative estimate of drug-likeness (QED) is 0.579. The molecule has 2 aromatic carbocycles. The molecule has 0 saturated carbocycles. The molecule has 0 unspecified atom stereocenters. The maximum atomic E-state index is 12.5. The first-order valence-electron chi connectivity index (χ1n) is 9.61. The van der Waals surface area contributed by atoms with Crippen molar-refractivity contribution < 1.29 is 9.53 Å². The van der Waals surface area contributed by atoms with Crippen LogP contribution in [0.3, 0.4) is 0 Å². The molecule has 0 aliphatic carbocycles. The summed E-state index contributed by atoms with van der Waals surface area (Å²) in [5.41, 5.74) is 2.71. The molecule has 3 rings (SSSR count). The van der Waals surface area contributed by atoms with E-state index in [1.807, 2.05) is 55.5 Å². The molecule has 28 heavy (non-hydrogen) atoms. The third-order valence-electron chi connectivity index (χ3n) is 4.65. The van der Waals surface area contributed by atoms with Crippen LogP contribution in [0.25, 0.3) is 0 Å². The first-order chi connectivity index (χ1) is 13.7. The minimum atomic E-state index is -0.0314. The number of thioether (sulfide) groups is 1. The molecule has 1 aliphatic rings. The number of likely N-dealkylation sites (tertiary alicyclic amines) is 1. The number of aliphatic imine (C=N–C) groups is 1. The van der Waals surface area contributed by atoms with Crippen LogP contribution >= 0.6 is 11.8 Å². The summed E-state index contributed by atoms with van der Waals surface area (Å²) in [5, 5.41) is 3.92. The number of aryl methyl sites for hydroxylation is 1. The van der Waals surface area contributed by atoms with Gasteiger partial charge in [-0.05, 0) is 62.1 Å². The number of methoxy groups -OCH3 is 1. The number of rotatable bonds is 5. The normalized spacial score (nSPS) is 14.6. The Morgan fingerprint density at radius 3 is 2.57 bits per heavy atom. The summed E-state index contributed by atoms with van der Waals surface area (Å²) in [7, 11) is 1.64. The molecule has 2 aromatic rings. The fraction of sp³-hybridized carbons (Fsp3) is 0.364. The number of ether oxygens (including phenoxy) is 1. The molecule has 5 nitrogen and oxygen atoms in total. The first kappa shape index (κ1) is 20.3. The summed E-state index contributed by atoms with van der Waals surface area (Å²) >= 11 is 1.50. The second-order valence-corrected chi connectivity index (χ2v) is 7.74. The maximum Gasteiger partial charge on any atom is 0.234 e. The van der Waals surface area contributed by atoms with E-state index in [-0.39, 0.29) is 5.91 Å². The van der Waals surface area contributed by atoms with Gasteiger partial charge in [0.05, 0.1) is 18.6 Å². The van der Waals surface area contributed by atoms with E-state index in [2.05, 4.69) is 10.2 Å². The molecule has 1 aliphatic heterocycles. The third kappa shape index (κ3) is 5.76. The molecule has 1 fully saturated rings. The fourth-order valence-electron chi connectivity index (χ4n) is 3.11. The van der Waals surface area contributed by atoms with Gasteiger partial charge in [-0.25, -0.2) is 4.99 Å². The predicted molar refractivity (Wildman–Crippen MR) is 118 cm³/mol. The van der Waals surface area contributed by atoms with Gasteiger partial charge in [0.15, 0.2) is 5.17 Å². The molecular weight excluding hydrogens is 370 g/mol. The number of hydrogen-bond acceptors (Lipinski definition) is 4. The van der Waals surface area contributed by atoms with Crippen molar-refractivity contribution in [3.8, 4) is 5.75 Å². The highest BCUT2D eigenvalue weighted by molar-refractivity contribution is 8.14. The molecule has 1 N–H and O–H groups in total. The van der Waals surface area contributed by atoms with Crippen molar-refractivity contribution in [1.82, 2.24) is 4.90 Å². The van der Waals surface area contributed by atoms with Crippen molar-refractivity contribution in [1.29, 1.82) is 0 Å². The molecule has 1 saturated heterocycles. The zero-order valence-electron chi connectivity index (χ0n) is 16.5. The summed E-state index contributed by atoms with van der Waals surface area (Å²) in [5.74, 6) is 1.08. The Hall–Kier alpha value is -2.47. The number of benzene rings is 2. The smallest absolute Gasteiger partial charge is 0.234 e. The van der Waals surface area contributed by atoms with E-state index in [1.165, 1.54) is 31.0 Å². The molecule has 0 spiro atoms. The molecule has 1 heterocycles. The van der Waals surface area contributed by atoms with Crippen LogP contribution in [0.4, 0.5) is 11.4 Å². The molecular formula is C22H27N3O2S. The van der Waals surface area contributed by atoms with E-state index in [0.717, 1.165) is 40.9 Å². The van der Waals surface area contributed by atoms with Gasteiger partial charge in [0.1, 0.15) is 5.75 Å². The van der Waals surface area contributed by atoms with Gasteiger partial charge in [-0.1, -0.05) is 30.0 Å². The molecule has 1 amide bonds. The number of amides is 1. The summed E-state index contributed by atoms with van der Waals surface area (Å²) in [4.78, 5) is 19.6. The Labute approximate surface area is 171 Å². The Morgan fingerprint density at radius 1 is 1.14 bits per heavy atom. The van der Waals surface area contributed by atoms with E-state index in [0.29, 0.717) is 5.75 Å². The topological polar surface area (TPSA) is 53.9 Å². The van der Waals surface area contributed by atoms with E-state index < -0.39 is 0 Å². The van der Waals surface area contributed by atoms with Crippen molar-refractivity contribution in [3.05, 3.63) is 54.1 Å². The highest BCUT2D eigenvalue weighted by Gasteiger charge is 2.17. The Morgan fingerprint density at radius 2 is 1.89 bits per heavy atom. The highest BCUT2D eigenvalue weighted by Crippen LogP contribution is 2.23. The highest BCUT2D eigenvalue weighted by atomic mass is 32.2. The standard InChI is InChI=1S/C22H27N3O2S/c1-17-15-19(27-2)11-12-20(17)24-21(26)16-28-22(25-13-7-4-8-14-25)23-18-9-5-3-6-10-18/h3,5-6,9-12,15H,4,7-8,13-14,16H2,1-2H3,(H,24,26). The van der Waals surface area contributed by atoms with Crippen LogP contribution in [-0.4, -0.2) is 41.9 Å².